The average molecular weight is 671 g/mol. The lowest BCUT2D eigenvalue weighted by molar-refractivity contribution is -0.789. The van der Waals surface area contributed by atoms with Gasteiger partial charge in [-0.15, -0.1) is 20.2 Å². The van der Waals surface area contributed by atoms with Crippen molar-refractivity contribution in [2.24, 2.45) is 0 Å². The maximum Gasteiger partial charge on any atom is 0.347 e. The second-order valence-corrected chi connectivity index (χ2v) is 23.3. The third-order valence-corrected chi connectivity index (χ3v) is 28.2. The summed E-state index contributed by atoms with van der Waals surface area (Å²) in [6.07, 6.45) is -2.52. The number of nitrogens with zero attached hydrogens (tertiary/aromatic N) is 2. The topological polar surface area (TPSA) is 238 Å². The summed E-state index contributed by atoms with van der Waals surface area (Å²) in [4.78, 5) is 54.6. The lowest BCUT2D eigenvalue weighted by Gasteiger charge is -2.33. The average Bonchev–Trinajstić information content (AvgIpc) is 2.92. The molecule has 0 saturated carbocycles. The van der Waals surface area contributed by atoms with Crippen LogP contribution in [0.25, 0.3) is 0 Å². The highest BCUT2D eigenvalue weighted by atomic mass is 33.6. The van der Waals surface area contributed by atoms with Crippen molar-refractivity contribution < 1.29 is 53.1 Å². The molecule has 1 heterocycles. The summed E-state index contributed by atoms with van der Waals surface area (Å²) >= 11 is 1.73. The van der Waals surface area contributed by atoms with Crippen LogP contribution in [0.15, 0.2) is 66.7 Å². The second kappa shape index (κ2) is 13.0. The summed E-state index contributed by atoms with van der Waals surface area (Å²) in [5.74, 6) is -2.44. The van der Waals surface area contributed by atoms with E-state index in [2.05, 4.69) is 9.68 Å². The fourth-order valence-electron chi connectivity index (χ4n) is 3.51. The van der Waals surface area contributed by atoms with Gasteiger partial charge in [-0.25, -0.2) is 4.79 Å². The lowest BCUT2D eigenvalue weighted by Crippen LogP contribution is -2.29. The minimum absolute atomic E-state index is 0.0129. The van der Waals surface area contributed by atoms with Crippen molar-refractivity contribution in [3.05, 3.63) is 92.5 Å². The zero-order valence-electron chi connectivity index (χ0n) is 21.4. The van der Waals surface area contributed by atoms with Crippen LogP contribution < -0.4 is 25.8 Å². The number of ether oxygens (including phenoxy) is 2. The van der Waals surface area contributed by atoms with Crippen molar-refractivity contribution in [1.29, 1.82) is 0 Å². The van der Waals surface area contributed by atoms with Gasteiger partial charge in [0.25, 0.3) is 10.2 Å². The minimum Gasteiger partial charge on any atom is -0.508 e. The number of phenols is 1. The predicted molar refractivity (Wildman–Crippen MR) is 155 cm³/mol. The van der Waals surface area contributed by atoms with Crippen molar-refractivity contribution in [2.45, 2.75) is 12.5 Å². The van der Waals surface area contributed by atoms with E-state index in [0.717, 1.165) is 28.1 Å². The number of nitrogens with two attached hydrogens (primary N) is 1. The van der Waals surface area contributed by atoms with Crippen LogP contribution in [0.4, 0.5) is 5.69 Å². The van der Waals surface area contributed by atoms with Crippen molar-refractivity contribution in [3.63, 3.8) is 0 Å². The highest BCUT2D eigenvalue weighted by Crippen LogP contribution is 3.03. The molecule has 0 bridgehead atoms. The Kier molecular flexibility index (Phi) is 9.55. The van der Waals surface area contributed by atoms with E-state index in [1.54, 1.807) is 0 Å². The van der Waals surface area contributed by atoms with Gasteiger partial charge in [-0.2, -0.15) is 0 Å². The standard InChI is InChI=1S/C23H19N3O13P2S2/c24-14-1-10-21(38-22(28)12-17(39-26(32)33)13-36-25(30)31)20(11-14)23(29)37-16-4-8-19(9-5-16)41(35)42-40(34,43-41)18-6-2-15(27)3-7-18/h1-11,17,27H,12-13,24H2. The number of aromatic hydroxyl groups is 1. The Morgan fingerprint density at radius 2 is 1.47 bits per heavy atom. The number of hydrogen-bond acceptors (Lipinski definition) is 16. The van der Waals surface area contributed by atoms with Gasteiger partial charge >= 0.3 is 11.9 Å². The molecule has 20 heteroatoms. The maximum atomic E-state index is 13.3. The van der Waals surface area contributed by atoms with Gasteiger partial charge in [0.15, 0.2) is 0 Å². The molecule has 0 aliphatic carbocycles. The van der Waals surface area contributed by atoms with Gasteiger partial charge in [-0.1, -0.05) is 0 Å². The summed E-state index contributed by atoms with van der Waals surface area (Å²) in [7, 11) is 0. The van der Waals surface area contributed by atoms with Crippen LogP contribution in [0.3, 0.4) is 0 Å². The molecule has 1 saturated heterocycles. The number of nitrogen functional groups attached to an aromatic ring is 1. The molecule has 43 heavy (non-hydrogen) atoms. The van der Waals surface area contributed by atoms with Gasteiger partial charge < -0.3 is 30.0 Å². The Labute approximate surface area is 248 Å². The molecular weight excluding hydrogens is 652 g/mol. The van der Waals surface area contributed by atoms with Crippen LogP contribution in [0.1, 0.15) is 16.8 Å². The molecule has 3 aromatic rings. The van der Waals surface area contributed by atoms with E-state index in [4.69, 9.17) is 15.2 Å². The summed E-state index contributed by atoms with van der Waals surface area (Å²) in [6, 6.07) is 15.1. The third-order valence-electron chi connectivity index (χ3n) is 5.40. The molecule has 16 nitrogen and oxygen atoms in total. The van der Waals surface area contributed by atoms with Crippen LogP contribution >= 0.6 is 33.1 Å². The number of rotatable bonds is 12. The molecule has 1 fully saturated rings. The molecule has 1 aliphatic rings. The molecule has 0 radical (unpaired) electrons. The monoisotopic (exact) mass is 671 g/mol. The van der Waals surface area contributed by atoms with Crippen LogP contribution in [-0.2, 0) is 23.6 Å². The highest BCUT2D eigenvalue weighted by Gasteiger charge is 2.53. The van der Waals surface area contributed by atoms with E-state index in [9.17, 15) is 44.1 Å². The summed E-state index contributed by atoms with van der Waals surface area (Å²) < 4.78 is 36.9. The molecule has 0 aromatic heterocycles. The van der Waals surface area contributed by atoms with Gasteiger partial charge in [0, 0.05) is 16.3 Å². The Morgan fingerprint density at radius 3 is 2.02 bits per heavy atom. The van der Waals surface area contributed by atoms with Crippen molar-refractivity contribution in [1.82, 2.24) is 0 Å². The summed E-state index contributed by atoms with van der Waals surface area (Å²) in [5, 5.41) is 28.8. The molecule has 0 spiro atoms. The third kappa shape index (κ3) is 7.99. The Balaban J connectivity index is 1.42. The quantitative estimate of drug-likeness (QED) is 0.0688. The highest BCUT2D eigenvalue weighted by molar-refractivity contribution is 9.39. The molecule has 1 atom stereocenters. The molecule has 1 unspecified atom stereocenters. The van der Waals surface area contributed by atoms with Crippen molar-refractivity contribution >= 4 is 61.3 Å². The molecule has 0 amide bonds. The van der Waals surface area contributed by atoms with Crippen LogP contribution in [-0.4, -0.2) is 39.9 Å². The Bertz CT molecular complexity index is 1660. The first-order valence-corrected chi connectivity index (χ1v) is 19.2. The number of benzene rings is 3. The van der Waals surface area contributed by atoms with E-state index < -0.39 is 52.3 Å². The summed E-state index contributed by atoms with van der Waals surface area (Å²) in [5.41, 5.74) is -0.585. The fourth-order valence-corrected chi connectivity index (χ4v) is 26.8. The smallest absolute Gasteiger partial charge is 0.347 e. The predicted octanol–water partition coefficient (Wildman–Crippen LogP) is 4.09. The first-order valence-electron chi connectivity index (χ1n) is 11.7. The lowest BCUT2D eigenvalue weighted by atomic mass is 10.1. The van der Waals surface area contributed by atoms with Gasteiger partial charge in [-0.05, 0) is 88.7 Å². The van der Waals surface area contributed by atoms with Crippen LogP contribution in [0.5, 0.6) is 17.2 Å². The van der Waals surface area contributed by atoms with E-state index in [0.29, 0.717) is 10.6 Å². The molecule has 3 aromatic carbocycles. The minimum atomic E-state index is -3.12. The second-order valence-electron chi connectivity index (χ2n) is 8.46. The van der Waals surface area contributed by atoms with Crippen LogP contribution in [0, 0.1) is 20.2 Å². The van der Waals surface area contributed by atoms with Crippen molar-refractivity contribution in [3.8, 4) is 17.2 Å². The zero-order chi connectivity index (χ0) is 31.4. The van der Waals surface area contributed by atoms with Crippen molar-refractivity contribution in [2.75, 3.05) is 12.3 Å². The Morgan fingerprint density at radius 1 is 0.884 bits per heavy atom. The Hall–Kier alpha value is -4.24. The van der Waals surface area contributed by atoms with Crippen LogP contribution in [0.2, 0.25) is 0 Å². The van der Waals surface area contributed by atoms with E-state index in [1.807, 2.05) is 0 Å². The number of esters is 2. The SMILES string of the molecule is Nc1ccc(OC(=O)CC(CO[N+](=O)[O-])O[N+](=O)[O-])c(C(=O)Oc2ccc(P3(=O)SP(=O)(c4ccc(O)cc4)S3)cc2)c1. The van der Waals surface area contributed by atoms with Gasteiger partial charge in [0.05, 0.1) is 6.42 Å². The van der Waals surface area contributed by atoms with Gasteiger partial charge in [-0.3, -0.25) is 13.9 Å². The molecule has 4 rings (SSSR count). The normalized spacial score (nSPS) is 19.7. The first kappa shape index (κ1) is 31.7. The molecule has 1 aliphatic heterocycles. The zero-order valence-corrected chi connectivity index (χ0v) is 24.8. The van der Waals surface area contributed by atoms with Gasteiger partial charge in [0.1, 0.15) is 35.5 Å². The largest absolute Gasteiger partial charge is 0.508 e. The molecule has 226 valence electrons. The van der Waals surface area contributed by atoms with E-state index in [-0.39, 0.29) is 28.5 Å². The maximum absolute atomic E-state index is 13.3. The molecular formula is C23H19N3O13P2S2. The number of phenolic OH excluding ortho intramolecular Hbond substituents is 1. The first-order chi connectivity index (χ1) is 20.3. The number of carbonyl (C=O) groups excluding carboxylic acids is 2. The van der Waals surface area contributed by atoms with E-state index in [1.165, 1.54) is 60.7 Å². The number of carbonyl (C=O) groups is 2. The van der Waals surface area contributed by atoms with Gasteiger partial charge in [0.2, 0.25) is 11.1 Å². The fraction of sp³-hybridized carbons (Fsp3) is 0.130. The van der Waals surface area contributed by atoms with E-state index >= 15 is 0 Å². The number of anilines is 1. The summed E-state index contributed by atoms with van der Waals surface area (Å²) in [6.45, 7) is -0.936. The number of hydrogen-bond donors (Lipinski definition) is 2. The molecule has 3 N–H and O–H groups in total.